The second-order valence-electron chi connectivity index (χ2n) is 10.4. The maximum absolute atomic E-state index is 14.5. The van der Waals surface area contributed by atoms with Crippen LogP contribution in [-0.2, 0) is 10.9 Å². The molecule has 1 saturated carbocycles. The minimum Gasteiger partial charge on any atom is -0.497 e. The Balaban J connectivity index is 1.54. The van der Waals surface area contributed by atoms with Crippen molar-refractivity contribution in [2.45, 2.75) is 50.8 Å². The molecule has 9 heteroatoms. The van der Waals surface area contributed by atoms with Crippen LogP contribution in [0.5, 0.6) is 11.5 Å². The van der Waals surface area contributed by atoms with Gasteiger partial charge in [0.1, 0.15) is 11.5 Å². The summed E-state index contributed by atoms with van der Waals surface area (Å²) in [5.41, 5.74) is 5.75. The van der Waals surface area contributed by atoms with Gasteiger partial charge in [-0.1, -0.05) is 0 Å². The van der Waals surface area contributed by atoms with Gasteiger partial charge in [0, 0.05) is 37.5 Å². The molecule has 2 heterocycles. The van der Waals surface area contributed by atoms with E-state index in [9.17, 15) is 13.2 Å². The number of hydrogen-bond acceptors (Lipinski definition) is 6. The summed E-state index contributed by atoms with van der Waals surface area (Å²) in [6, 6.07) is 9.93. The second-order valence-corrected chi connectivity index (χ2v) is 10.4. The third kappa shape index (κ3) is 4.77. The van der Waals surface area contributed by atoms with Gasteiger partial charge < -0.3 is 19.1 Å². The number of rotatable bonds is 6. The average molecular weight is 540 g/mol. The standard InChI is InChI=1S/C30H32F3N3O3/c1-37-21-11-12-35(17-21)20-9-10-26(30(31,32)33)27(15-20)36-29(18-7-8-18)25-6-4-5-24(25)28(34-36)19-13-22(38-2)16-23(14-19)39-3/h9-10,13-16,21H,4-8,11-12,17H2,1-3H3. The van der Waals surface area contributed by atoms with Gasteiger partial charge in [0.15, 0.2) is 0 Å². The highest BCUT2D eigenvalue weighted by molar-refractivity contribution is 6.15. The fraction of sp³-hybridized carbons (Fsp3) is 0.433. The van der Waals surface area contributed by atoms with Crippen LogP contribution in [0.25, 0.3) is 0 Å². The first kappa shape index (κ1) is 25.8. The van der Waals surface area contributed by atoms with Gasteiger partial charge in [-0.05, 0) is 85.6 Å². The molecule has 4 aliphatic rings. The molecule has 1 saturated heterocycles. The topological polar surface area (TPSA) is 46.5 Å². The summed E-state index contributed by atoms with van der Waals surface area (Å²) in [5.74, 6) is 1.20. The molecule has 6 nitrogen and oxygen atoms in total. The quantitative estimate of drug-likeness (QED) is 0.409. The van der Waals surface area contributed by atoms with Gasteiger partial charge in [0.05, 0.1) is 43.0 Å². The van der Waals surface area contributed by atoms with E-state index in [1.807, 2.05) is 12.1 Å². The Morgan fingerprint density at radius 1 is 0.897 bits per heavy atom. The van der Waals surface area contributed by atoms with Crippen molar-refractivity contribution in [2.75, 3.05) is 44.3 Å². The van der Waals surface area contributed by atoms with Crippen molar-refractivity contribution in [3.63, 3.8) is 0 Å². The predicted octanol–water partition coefficient (Wildman–Crippen LogP) is 6.70. The molecule has 0 bridgehead atoms. The zero-order valence-electron chi connectivity index (χ0n) is 22.4. The Bertz CT molecular complexity index is 1370. The fourth-order valence-electron chi connectivity index (χ4n) is 5.90. The van der Waals surface area contributed by atoms with Crippen LogP contribution < -0.4 is 19.4 Å². The van der Waals surface area contributed by atoms with Gasteiger partial charge in [-0.25, -0.2) is 5.01 Å². The number of ether oxygens (including phenoxy) is 3. The number of anilines is 2. The minimum atomic E-state index is -4.54. The molecule has 206 valence electrons. The van der Waals surface area contributed by atoms with Crippen molar-refractivity contribution >= 4 is 17.1 Å². The fourth-order valence-corrected chi connectivity index (χ4v) is 5.90. The second kappa shape index (κ2) is 9.93. The van der Waals surface area contributed by atoms with Crippen molar-refractivity contribution < 1.29 is 27.4 Å². The van der Waals surface area contributed by atoms with Crippen LogP contribution in [0.3, 0.4) is 0 Å². The van der Waals surface area contributed by atoms with Crippen LogP contribution in [0.4, 0.5) is 24.5 Å². The van der Waals surface area contributed by atoms with E-state index < -0.39 is 11.7 Å². The highest BCUT2D eigenvalue weighted by Gasteiger charge is 2.41. The number of methoxy groups -OCH3 is 3. The Morgan fingerprint density at radius 3 is 2.23 bits per heavy atom. The molecule has 2 fully saturated rings. The average Bonchev–Trinajstić information content (AvgIpc) is 3.45. The van der Waals surface area contributed by atoms with Gasteiger partial charge in [-0.3, -0.25) is 0 Å². The van der Waals surface area contributed by atoms with E-state index in [4.69, 9.17) is 19.3 Å². The van der Waals surface area contributed by atoms with Gasteiger partial charge in [0.25, 0.3) is 0 Å². The molecule has 0 amide bonds. The number of hydrazone groups is 1. The summed E-state index contributed by atoms with van der Waals surface area (Å²) in [7, 11) is 4.83. The van der Waals surface area contributed by atoms with E-state index in [1.165, 1.54) is 6.07 Å². The zero-order chi connectivity index (χ0) is 27.3. The molecule has 0 spiro atoms. The first-order chi connectivity index (χ1) is 18.8. The Morgan fingerprint density at radius 2 is 1.62 bits per heavy atom. The molecule has 1 unspecified atom stereocenters. The summed E-state index contributed by atoms with van der Waals surface area (Å²) in [6.45, 7) is 1.37. The highest BCUT2D eigenvalue weighted by Crippen LogP contribution is 2.50. The SMILES string of the molecule is COc1cc(OC)cc(C2=NN(c3cc(N4CCC(OC)C4)ccc3C(F)(F)F)C(=C3CC3)C3=C2CCC3)c1. The molecule has 2 aliphatic carbocycles. The summed E-state index contributed by atoms with van der Waals surface area (Å²) < 4.78 is 60.0. The number of benzene rings is 2. The van der Waals surface area contributed by atoms with E-state index in [-0.39, 0.29) is 11.8 Å². The lowest BCUT2D eigenvalue weighted by Gasteiger charge is -2.33. The monoisotopic (exact) mass is 539 g/mol. The van der Waals surface area contributed by atoms with Gasteiger partial charge >= 0.3 is 6.18 Å². The third-order valence-corrected chi connectivity index (χ3v) is 8.02. The molecular formula is C30H32F3N3O3. The summed E-state index contributed by atoms with van der Waals surface area (Å²) in [5, 5.41) is 6.58. The summed E-state index contributed by atoms with van der Waals surface area (Å²) >= 11 is 0. The Labute approximate surface area is 226 Å². The number of hydrogen-bond donors (Lipinski definition) is 0. The molecule has 6 rings (SSSR count). The highest BCUT2D eigenvalue weighted by atomic mass is 19.4. The van der Waals surface area contributed by atoms with E-state index in [0.717, 1.165) is 78.7 Å². The van der Waals surface area contributed by atoms with Gasteiger partial charge in [-0.15, -0.1) is 0 Å². The molecule has 0 aromatic heterocycles. The van der Waals surface area contributed by atoms with E-state index in [2.05, 4.69) is 4.90 Å². The van der Waals surface area contributed by atoms with Crippen LogP contribution in [-0.4, -0.2) is 46.2 Å². The summed E-state index contributed by atoms with van der Waals surface area (Å²) in [6.07, 6.45) is 0.701. The molecule has 2 aromatic carbocycles. The van der Waals surface area contributed by atoms with Gasteiger partial charge in [0.2, 0.25) is 0 Å². The number of nitrogens with zero attached hydrogens (tertiary/aromatic N) is 3. The predicted molar refractivity (Wildman–Crippen MR) is 145 cm³/mol. The Kier molecular flexibility index (Phi) is 6.57. The van der Waals surface area contributed by atoms with Gasteiger partial charge in [-0.2, -0.15) is 18.3 Å². The number of alkyl halides is 3. The lowest BCUT2D eigenvalue weighted by Crippen LogP contribution is -2.29. The molecule has 1 atom stereocenters. The smallest absolute Gasteiger partial charge is 0.418 e. The van der Waals surface area contributed by atoms with Crippen molar-refractivity contribution in [3.05, 3.63) is 69.9 Å². The van der Waals surface area contributed by atoms with E-state index in [0.29, 0.717) is 23.8 Å². The summed E-state index contributed by atoms with van der Waals surface area (Å²) in [4.78, 5) is 2.09. The molecule has 2 aromatic rings. The molecule has 2 aliphatic heterocycles. The maximum atomic E-state index is 14.5. The number of halogens is 3. The zero-order valence-corrected chi connectivity index (χ0v) is 22.4. The molecule has 39 heavy (non-hydrogen) atoms. The molecular weight excluding hydrogens is 507 g/mol. The van der Waals surface area contributed by atoms with Crippen molar-refractivity contribution in [3.8, 4) is 11.5 Å². The maximum Gasteiger partial charge on any atom is 0.418 e. The lowest BCUT2D eigenvalue weighted by atomic mass is 9.95. The first-order valence-electron chi connectivity index (χ1n) is 13.4. The van der Waals surface area contributed by atoms with E-state index >= 15 is 0 Å². The van der Waals surface area contributed by atoms with Crippen LogP contribution in [0, 0.1) is 0 Å². The number of allylic oxidation sites excluding steroid dienone is 3. The van der Waals surface area contributed by atoms with Crippen LogP contribution in [0.2, 0.25) is 0 Å². The van der Waals surface area contributed by atoms with Crippen molar-refractivity contribution in [1.82, 2.24) is 0 Å². The van der Waals surface area contributed by atoms with Crippen LogP contribution in [0.1, 0.15) is 49.7 Å². The third-order valence-electron chi connectivity index (χ3n) is 8.02. The van der Waals surface area contributed by atoms with Crippen LogP contribution in [0.15, 0.2) is 63.9 Å². The van der Waals surface area contributed by atoms with Crippen molar-refractivity contribution in [2.24, 2.45) is 5.10 Å². The molecule has 0 N–H and O–H groups in total. The molecule has 0 radical (unpaired) electrons. The largest absolute Gasteiger partial charge is 0.497 e. The van der Waals surface area contributed by atoms with E-state index in [1.54, 1.807) is 44.5 Å². The minimum absolute atomic E-state index is 0.0566. The van der Waals surface area contributed by atoms with Crippen molar-refractivity contribution in [1.29, 1.82) is 0 Å². The normalized spacial score (nSPS) is 21.0. The lowest BCUT2D eigenvalue weighted by molar-refractivity contribution is -0.137. The first-order valence-corrected chi connectivity index (χ1v) is 13.4. The van der Waals surface area contributed by atoms with Crippen LogP contribution >= 0.6 is 0 Å². The Hall–Kier alpha value is -3.46.